The third-order valence-corrected chi connectivity index (χ3v) is 3.64. The Morgan fingerprint density at radius 2 is 1.33 bits per heavy atom. The van der Waals surface area contributed by atoms with E-state index < -0.39 is 0 Å². The van der Waals surface area contributed by atoms with Gasteiger partial charge in [-0.15, -0.1) is 0 Å². The Bertz CT molecular complexity index is 427. The molecule has 0 amide bonds. The minimum absolute atomic E-state index is 0.125. The molecule has 1 nitrogen and oxygen atoms in total. The van der Waals surface area contributed by atoms with Crippen LogP contribution in [0.15, 0.2) is 72.9 Å². The lowest BCUT2D eigenvalue weighted by Gasteiger charge is -2.06. The predicted molar refractivity (Wildman–Crippen MR) is 113 cm³/mol. The molecule has 134 valence electrons. The van der Waals surface area contributed by atoms with Crippen molar-refractivity contribution >= 4 is 9.47 Å². The minimum atomic E-state index is 0.125. The first-order valence-corrected chi connectivity index (χ1v) is 9.61. The van der Waals surface area contributed by atoms with Gasteiger partial charge in [-0.1, -0.05) is 93.2 Å². The summed E-state index contributed by atoms with van der Waals surface area (Å²) in [6.45, 7) is 4.33. The molecule has 2 unspecified atom stereocenters. The maximum atomic E-state index is 5.35. The van der Waals surface area contributed by atoms with Crippen molar-refractivity contribution in [2.45, 2.75) is 64.9 Å². The lowest BCUT2D eigenvalue weighted by Crippen LogP contribution is -2.00. The van der Waals surface area contributed by atoms with Crippen LogP contribution in [-0.4, -0.2) is 6.10 Å². The van der Waals surface area contributed by atoms with Gasteiger partial charge in [0.1, 0.15) is 0 Å². The average molecular weight is 346 g/mol. The molecule has 0 heterocycles. The topological polar surface area (TPSA) is 9.23 Å². The molecule has 0 saturated heterocycles. The highest BCUT2D eigenvalue weighted by Crippen LogP contribution is 2.07. The van der Waals surface area contributed by atoms with E-state index in [0.717, 1.165) is 32.1 Å². The van der Waals surface area contributed by atoms with E-state index in [0.29, 0.717) is 0 Å². The summed E-state index contributed by atoms with van der Waals surface area (Å²) < 4.78 is 5.35. The Morgan fingerprint density at radius 3 is 1.88 bits per heavy atom. The summed E-state index contributed by atoms with van der Waals surface area (Å²) in [5.41, 5.74) is 0. The standard InChI is InChI=1S/C22H35OP/c1-3-5-7-9-10-11-12-13-14-15-16-17-19-21-22(23-24)20-18-8-6-4-2/h6-9,11-12,14-15,17-20,22H,3-5,10,13,16,21,24H2,1-2H3/b8-6-,9-7-,12-11-,15-14-,19-17-,20-18+. The van der Waals surface area contributed by atoms with E-state index in [1.54, 1.807) is 0 Å². The van der Waals surface area contributed by atoms with Crippen molar-refractivity contribution in [3.63, 3.8) is 0 Å². The van der Waals surface area contributed by atoms with Gasteiger partial charge in [0, 0.05) is 9.47 Å². The molecule has 2 heteroatoms. The SMILES string of the molecule is CC/C=C\C=C\C(C/C=C\C/C=C\C/C=C\C/C=C\CCC)OP. The Morgan fingerprint density at radius 1 is 0.750 bits per heavy atom. The van der Waals surface area contributed by atoms with Crippen molar-refractivity contribution in [1.82, 2.24) is 0 Å². The molecule has 0 fully saturated rings. The molecule has 0 aromatic rings. The summed E-state index contributed by atoms with van der Waals surface area (Å²) in [6, 6.07) is 0. The maximum absolute atomic E-state index is 5.35. The van der Waals surface area contributed by atoms with Crippen molar-refractivity contribution in [2.75, 3.05) is 0 Å². The van der Waals surface area contributed by atoms with Crippen LogP contribution in [0.1, 0.15) is 58.8 Å². The molecule has 0 bridgehead atoms. The summed E-state index contributed by atoms with van der Waals surface area (Å²) in [5.74, 6) is 0. The van der Waals surface area contributed by atoms with Gasteiger partial charge in [0.05, 0.1) is 6.10 Å². The van der Waals surface area contributed by atoms with Crippen LogP contribution >= 0.6 is 9.47 Å². The van der Waals surface area contributed by atoms with Crippen molar-refractivity contribution < 1.29 is 4.52 Å². The smallest absolute Gasteiger partial charge is 0.0828 e. The van der Waals surface area contributed by atoms with Gasteiger partial charge >= 0.3 is 0 Å². The first-order chi connectivity index (χ1) is 11.8. The Kier molecular flexibility index (Phi) is 18.9. The van der Waals surface area contributed by atoms with E-state index in [1.807, 2.05) is 0 Å². The molecule has 0 radical (unpaired) electrons. The fraction of sp³-hybridized carbons (Fsp3) is 0.455. The molecule has 0 N–H and O–H groups in total. The highest BCUT2D eigenvalue weighted by Gasteiger charge is 1.97. The monoisotopic (exact) mass is 346 g/mol. The van der Waals surface area contributed by atoms with E-state index in [9.17, 15) is 0 Å². The lowest BCUT2D eigenvalue weighted by atomic mass is 10.2. The van der Waals surface area contributed by atoms with Crippen LogP contribution in [0.5, 0.6) is 0 Å². The highest BCUT2D eigenvalue weighted by atomic mass is 31.0. The Hall–Kier alpha value is -1.17. The van der Waals surface area contributed by atoms with Gasteiger partial charge in [-0.25, -0.2) is 0 Å². The molecule has 0 saturated carbocycles. The molecule has 0 spiro atoms. The zero-order chi connectivity index (χ0) is 17.7. The number of hydrogen-bond acceptors (Lipinski definition) is 1. The summed E-state index contributed by atoms with van der Waals surface area (Å²) >= 11 is 0. The van der Waals surface area contributed by atoms with E-state index >= 15 is 0 Å². The zero-order valence-corrected chi connectivity index (χ0v) is 16.6. The van der Waals surface area contributed by atoms with Gasteiger partial charge in [-0.3, -0.25) is 0 Å². The Labute approximate surface area is 152 Å². The van der Waals surface area contributed by atoms with Gasteiger partial charge in [0.25, 0.3) is 0 Å². The van der Waals surface area contributed by atoms with Crippen LogP contribution in [0, 0.1) is 0 Å². The van der Waals surface area contributed by atoms with Crippen LogP contribution in [0.2, 0.25) is 0 Å². The van der Waals surface area contributed by atoms with E-state index in [4.69, 9.17) is 4.52 Å². The van der Waals surface area contributed by atoms with Gasteiger partial charge in [0.15, 0.2) is 0 Å². The van der Waals surface area contributed by atoms with E-state index in [2.05, 4.69) is 96.2 Å². The number of allylic oxidation sites excluding steroid dienone is 10. The van der Waals surface area contributed by atoms with Crippen molar-refractivity contribution in [1.29, 1.82) is 0 Å². The number of rotatable bonds is 14. The summed E-state index contributed by atoms with van der Waals surface area (Å²) in [7, 11) is 2.35. The first-order valence-electron chi connectivity index (χ1n) is 9.13. The van der Waals surface area contributed by atoms with Crippen molar-refractivity contribution in [3.8, 4) is 0 Å². The van der Waals surface area contributed by atoms with E-state index in [1.165, 1.54) is 12.8 Å². The third kappa shape index (κ3) is 17.2. The van der Waals surface area contributed by atoms with Crippen LogP contribution in [0.3, 0.4) is 0 Å². The second-order valence-electron chi connectivity index (χ2n) is 5.51. The molecule has 0 aliphatic rings. The van der Waals surface area contributed by atoms with Gasteiger partial charge < -0.3 is 4.52 Å². The van der Waals surface area contributed by atoms with Crippen LogP contribution in [0.25, 0.3) is 0 Å². The van der Waals surface area contributed by atoms with E-state index in [-0.39, 0.29) is 6.10 Å². The molecule has 24 heavy (non-hydrogen) atoms. The molecule has 2 atom stereocenters. The molecule has 0 aliphatic heterocycles. The van der Waals surface area contributed by atoms with Crippen LogP contribution in [-0.2, 0) is 4.52 Å². The molecular weight excluding hydrogens is 311 g/mol. The molecule has 0 aliphatic carbocycles. The zero-order valence-electron chi connectivity index (χ0n) is 15.4. The molecule has 0 rings (SSSR count). The average Bonchev–Trinajstić information content (AvgIpc) is 2.60. The Balaban J connectivity index is 3.77. The number of unbranched alkanes of at least 4 members (excludes halogenated alkanes) is 1. The lowest BCUT2D eigenvalue weighted by molar-refractivity contribution is 0.298. The first kappa shape index (κ1) is 22.8. The normalized spacial score (nSPS) is 14.6. The fourth-order valence-electron chi connectivity index (χ4n) is 1.91. The van der Waals surface area contributed by atoms with Gasteiger partial charge in [0.2, 0.25) is 0 Å². The van der Waals surface area contributed by atoms with Gasteiger partial charge in [-0.05, 0) is 38.5 Å². The van der Waals surface area contributed by atoms with Crippen molar-refractivity contribution in [3.05, 3.63) is 72.9 Å². The van der Waals surface area contributed by atoms with Crippen molar-refractivity contribution in [2.24, 2.45) is 0 Å². The molecular formula is C22H35OP. The molecule has 0 aromatic heterocycles. The number of hydrogen-bond donors (Lipinski definition) is 0. The maximum Gasteiger partial charge on any atom is 0.0828 e. The largest absolute Gasteiger partial charge is 0.358 e. The van der Waals surface area contributed by atoms with Gasteiger partial charge in [-0.2, -0.15) is 0 Å². The third-order valence-electron chi connectivity index (χ3n) is 3.29. The summed E-state index contributed by atoms with van der Waals surface area (Å²) in [6.07, 6.45) is 33.6. The summed E-state index contributed by atoms with van der Waals surface area (Å²) in [4.78, 5) is 0. The highest BCUT2D eigenvalue weighted by molar-refractivity contribution is 7.09. The fourth-order valence-corrected chi connectivity index (χ4v) is 2.11. The minimum Gasteiger partial charge on any atom is -0.358 e. The summed E-state index contributed by atoms with van der Waals surface area (Å²) in [5, 5.41) is 0. The van der Waals surface area contributed by atoms with Crippen LogP contribution < -0.4 is 0 Å². The second kappa shape index (κ2) is 19.9. The molecule has 0 aromatic carbocycles. The quantitative estimate of drug-likeness (QED) is 0.182. The van der Waals surface area contributed by atoms with Crippen LogP contribution in [0.4, 0.5) is 0 Å². The predicted octanol–water partition coefficient (Wildman–Crippen LogP) is 7.27. The second-order valence-corrected chi connectivity index (χ2v) is 5.79.